The predicted octanol–water partition coefficient (Wildman–Crippen LogP) is 5.27. The lowest BCUT2D eigenvalue weighted by molar-refractivity contribution is -0.145. The van der Waals surface area contributed by atoms with Gasteiger partial charge in [-0.1, -0.05) is 11.6 Å². The summed E-state index contributed by atoms with van der Waals surface area (Å²) in [5.74, 6) is -0.363. The lowest BCUT2D eigenvalue weighted by Gasteiger charge is -2.19. The van der Waals surface area contributed by atoms with Crippen molar-refractivity contribution in [2.24, 2.45) is 0 Å². The number of hydrogen-bond donors (Lipinski definition) is 0. The van der Waals surface area contributed by atoms with Crippen LogP contribution >= 0.6 is 50.2 Å². The Balaban J connectivity index is 1.95. The van der Waals surface area contributed by atoms with E-state index in [-0.39, 0.29) is 11.9 Å². The Morgan fingerprint density at radius 2 is 2.38 bits per heavy atom. The van der Waals surface area contributed by atoms with Crippen molar-refractivity contribution in [3.63, 3.8) is 0 Å². The largest absolute Gasteiger partial charge is 0.465 e. The average Bonchev–Trinajstić information content (AvgIpc) is 3.02. The number of thiophene rings is 1. The summed E-state index contributed by atoms with van der Waals surface area (Å²) in [6.07, 6.45) is 2.82. The minimum atomic E-state index is -0.211. The van der Waals surface area contributed by atoms with Crippen LogP contribution in [-0.4, -0.2) is 17.6 Å². The van der Waals surface area contributed by atoms with Crippen molar-refractivity contribution in [3.8, 4) is 9.88 Å². The van der Waals surface area contributed by atoms with E-state index in [2.05, 4.69) is 15.9 Å². The summed E-state index contributed by atoms with van der Waals surface area (Å²) in [5, 5.41) is 0.939. The van der Waals surface area contributed by atoms with Crippen molar-refractivity contribution < 1.29 is 9.53 Å². The van der Waals surface area contributed by atoms with Crippen LogP contribution in [0.4, 0.5) is 0 Å². The smallest absolute Gasteiger partial charge is 0.315 e. The molecule has 3 rings (SSSR count). The molecule has 2 heterocycles. The van der Waals surface area contributed by atoms with Gasteiger partial charge in [-0.25, -0.2) is 4.98 Å². The number of nitrogens with zero attached hydrogens (tertiary/aromatic N) is 1. The van der Waals surface area contributed by atoms with Crippen LogP contribution in [0.25, 0.3) is 9.88 Å². The first-order chi connectivity index (χ1) is 10.1. The van der Waals surface area contributed by atoms with E-state index < -0.39 is 0 Å². The molecule has 21 heavy (non-hydrogen) atoms. The molecule has 3 nitrogen and oxygen atoms in total. The van der Waals surface area contributed by atoms with Crippen LogP contribution in [0.3, 0.4) is 0 Å². The summed E-state index contributed by atoms with van der Waals surface area (Å²) in [6.45, 7) is 2.24. The lowest BCUT2D eigenvalue weighted by Crippen LogP contribution is -2.20. The van der Waals surface area contributed by atoms with Crippen molar-refractivity contribution in [2.75, 3.05) is 6.61 Å². The molecule has 0 amide bonds. The van der Waals surface area contributed by atoms with Crippen LogP contribution in [0.2, 0.25) is 4.34 Å². The van der Waals surface area contributed by atoms with Gasteiger partial charge in [0.2, 0.25) is 0 Å². The first kappa shape index (κ1) is 15.5. The first-order valence-corrected chi connectivity index (χ1v) is 9.52. The fourth-order valence-corrected chi connectivity index (χ4v) is 5.36. The molecule has 0 radical (unpaired) electrons. The van der Waals surface area contributed by atoms with Crippen molar-refractivity contribution in [1.29, 1.82) is 0 Å². The molecule has 0 spiro atoms. The minimum absolute atomic E-state index is 0.152. The highest BCUT2D eigenvalue weighted by molar-refractivity contribution is 9.10. The molecule has 0 saturated heterocycles. The van der Waals surface area contributed by atoms with Crippen molar-refractivity contribution in [2.45, 2.75) is 32.1 Å². The fraction of sp³-hybridized carbons (Fsp3) is 0.429. The van der Waals surface area contributed by atoms with Crippen LogP contribution in [-0.2, 0) is 16.0 Å². The third kappa shape index (κ3) is 3.04. The Bertz CT molecular complexity index is 663. The van der Waals surface area contributed by atoms with E-state index in [1.807, 2.05) is 13.0 Å². The minimum Gasteiger partial charge on any atom is -0.465 e. The van der Waals surface area contributed by atoms with E-state index in [4.69, 9.17) is 21.3 Å². The summed E-state index contributed by atoms with van der Waals surface area (Å²) < 4.78 is 6.79. The Kier molecular flexibility index (Phi) is 4.69. The first-order valence-electron chi connectivity index (χ1n) is 6.71. The Morgan fingerprint density at radius 3 is 3.05 bits per heavy atom. The zero-order valence-corrected chi connectivity index (χ0v) is 15.3. The van der Waals surface area contributed by atoms with Gasteiger partial charge in [0.1, 0.15) is 15.3 Å². The molecule has 112 valence electrons. The zero-order valence-electron chi connectivity index (χ0n) is 11.3. The van der Waals surface area contributed by atoms with Crippen LogP contribution in [0.5, 0.6) is 0 Å². The molecular formula is C14H13BrClNO2S2. The van der Waals surface area contributed by atoms with E-state index in [1.54, 1.807) is 11.3 Å². The summed E-state index contributed by atoms with van der Waals surface area (Å²) in [5.41, 5.74) is 0.903. The van der Waals surface area contributed by atoms with E-state index in [0.717, 1.165) is 43.7 Å². The number of halogens is 2. The zero-order chi connectivity index (χ0) is 15.0. The van der Waals surface area contributed by atoms with Gasteiger partial charge >= 0.3 is 5.97 Å². The number of aryl methyl sites for hydroxylation is 1. The number of hydrogen-bond acceptors (Lipinski definition) is 5. The van der Waals surface area contributed by atoms with Gasteiger partial charge in [0.05, 0.1) is 17.2 Å². The van der Waals surface area contributed by atoms with Gasteiger partial charge in [0.15, 0.2) is 0 Å². The van der Waals surface area contributed by atoms with E-state index in [0.29, 0.717) is 6.61 Å². The number of ether oxygens (including phenoxy) is 1. The second-order valence-electron chi connectivity index (χ2n) is 4.76. The normalized spacial score (nSPS) is 17.6. The molecule has 0 N–H and O–H groups in total. The van der Waals surface area contributed by atoms with Gasteiger partial charge in [0.25, 0.3) is 0 Å². The number of aromatic nitrogens is 1. The Hall–Kier alpha value is -0.430. The topological polar surface area (TPSA) is 39.2 Å². The van der Waals surface area contributed by atoms with Crippen LogP contribution < -0.4 is 0 Å². The van der Waals surface area contributed by atoms with Crippen LogP contribution in [0.1, 0.15) is 36.3 Å². The monoisotopic (exact) mass is 405 g/mol. The molecule has 1 aliphatic carbocycles. The van der Waals surface area contributed by atoms with Gasteiger partial charge < -0.3 is 4.74 Å². The summed E-state index contributed by atoms with van der Waals surface area (Å²) in [4.78, 5) is 19.0. The molecule has 0 saturated carbocycles. The maximum Gasteiger partial charge on any atom is 0.315 e. The third-order valence-electron chi connectivity index (χ3n) is 3.38. The number of carbonyl (C=O) groups is 1. The SMILES string of the molecule is CCOC(=O)C1CCCc2sc(-c3cc(Br)c(Cl)s3)nc21. The Morgan fingerprint density at radius 1 is 1.57 bits per heavy atom. The van der Waals surface area contributed by atoms with Crippen LogP contribution in [0.15, 0.2) is 10.5 Å². The number of rotatable bonds is 3. The fourth-order valence-electron chi connectivity index (χ4n) is 2.45. The molecule has 1 aliphatic rings. The number of esters is 1. The van der Waals surface area contributed by atoms with E-state index >= 15 is 0 Å². The maximum atomic E-state index is 12.1. The van der Waals surface area contributed by atoms with E-state index in [9.17, 15) is 4.79 Å². The van der Waals surface area contributed by atoms with Crippen molar-refractivity contribution in [1.82, 2.24) is 4.98 Å². The molecule has 0 aromatic carbocycles. The van der Waals surface area contributed by atoms with Gasteiger partial charge in [-0.05, 0) is 48.2 Å². The third-order valence-corrected chi connectivity index (χ3v) is 7.16. The molecule has 0 fully saturated rings. The van der Waals surface area contributed by atoms with Gasteiger partial charge in [-0.15, -0.1) is 22.7 Å². The molecule has 0 bridgehead atoms. The van der Waals surface area contributed by atoms with Crippen LogP contribution in [0, 0.1) is 0 Å². The average molecular weight is 407 g/mol. The second kappa shape index (κ2) is 6.36. The summed E-state index contributed by atoms with van der Waals surface area (Å²) in [6, 6.07) is 1.98. The highest BCUT2D eigenvalue weighted by Gasteiger charge is 2.31. The van der Waals surface area contributed by atoms with Crippen molar-refractivity contribution in [3.05, 3.63) is 25.4 Å². The van der Waals surface area contributed by atoms with Gasteiger partial charge in [0, 0.05) is 9.35 Å². The predicted molar refractivity (Wildman–Crippen MR) is 90.4 cm³/mol. The number of fused-ring (bicyclic) bond motifs is 1. The molecule has 1 atom stereocenters. The molecule has 2 aromatic rings. The van der Waals surface area contributed by atoms with Gasteiger partial charge in [-0.2, -0.15) is 0 Å². The summed E-state index contributed by atoms with van der Waals surface area (Å²) >= 11 is 12.7. The molecule has 7 heteroatoms. The molecule has 0 aliphatic heterocycles. The molecule has 2 aromatic heterocycles. The molecular weight excluding hydrogens is 394 g/mol. The summed E-state index contributed by atoms with van der Waals surface area (Å²) in [7, 11) is 0. The highest BCUT2D eigenvalue weighted by Crippen LogP contribution is 2.43. The Labute approximate surface area is 144 Å². The van der Waals surface area contributed by atoms with Gasteiger partial charge in [-0.3, -0.25) is 4.79 Å². The molecule has 1 unspecified atom stereocenters. The number of carbonyl (C=O) groups excluding carboxylic acids is 1. The standard InChI is InChI=1S/C14H13BrClNO2S2/c1-2-19-14(18)7-4-3-5-9-11(7)17-13(21-9)10-6-8(15)12(16)20-10/h6-7H,2-5H2,1H3. The maximum absolute atomic E-state index is 12.1. The van der Waals surface area contributed by atoms with E-state index in [1.165, 1.54) is 16.2 Å². The second-order valence-corrected chi connectivity index (χ2v) is 8.35. The number of thiazole rings is 1. The van der Waals surface area contributed by atoms with Crippen molar-refractivity contribution >= 4 is 56.2 Å². The highest BCUT2D eigenvalue weighted by atomic mass is 79.9. The lowest BCUT2D eigenvalue weighted by atomic mass is 9.91. The quantitative estimate of drug-likeness (QED) is 0.652.